The van der Waals surface area contributed by atoms with Crippen molar-refractivity contribution < 1.29 is 9.90 Å². The third-order valence-electron chi connectivity index (χ3n) is 2.46. The summed E-state index contributed by atoms with van der Waals surface area (Å²) in [4.78, 5) is 16.0. The first-order valence-corrected chi connectivity index (χ1v) is 6.48. The lowest BCUT2D eigenvalue weighted by molar-refractivity contribution is -0.131. The van der Waals surface area contributed by atoms with E-state index < -0.39 is 5.97 Å². The van der Waals surface area contributed by atoms with Crippen LogP contribution in [0.25, 0.3) is 16.6 Å². The smallest absolute Gasteiger partial charge is 0.328 e. The van der Waals surface area contributed by atoms with E-state index in [9.17, 15) is 4.79 Å². The number of hydrogen-bond donors (Lipinski definition) is 1. The molecule has 0 spiro atoms. The van der Waals surface area contributed by atoms with Crippen LogP contribution in [0.5, 0.6) is 0 Å². The Labute approximate surface area is 109 Å². The molecule has 2 aromatic rings. The monoisotopic (exact) mass is 259 g/mol. The van der Waals surface area contributed by atoms with Gasteiger partial charge in [0.1, 0.15) is 5.01 Å². The van der Waals surface area contributed by atoms with E-state index in [0.29, 0.717) is 0 Å². The van der Waals surface area contributed by atoms with Gasteiger partial charge < -0.3 is 5.11 Å². The Hall–Kier alpha value is -1.94. The molecule has 2 rings (SSSR count). The second-order valence-electron chi connectivity index (χ2n) is 3.72. The van der Waals surface area contributed by atoms with Crippen molar-refractivity contribution >= 4 is 23.4 Å². The van der Waals surface area contributed by atoms with Gasteiger partial charge in [-0.05, 0) is 12.5 Å². The first-order valence-electron chi connectivity index (χ1n) is 5.67. The maximum atomic E-state index is 10.5. The van der Waals surface area contributed by atoms with Crippen LogP contribution in [0.3, 0.4) is 0 Å². The van der Waals surface area contributed by atoms with Crippen molar-refractivity contribution in [1.82, 2.24) is 4.98 Å². The SMILES string of the molecule is CCc1nc(-c2ccccc2)sc1/C=C/C(=O)O. The van der Waals surface area contributed by atoms with Gasteiger partial charge in [-0.2, -0.15) is 0 Å². The number of aromatic nitrogens is 1. The van der Waals surface area contributed by atoms with Crippen LogP contribution in [-0.4, -0.2) is 16.1 Å². The highest BCUT2D eigenvalue weighted by Gasteiger charge is 2.09. The molecule has 0 bridgehead atoms. The summed E-state index contributed by atoms with van der Waals surface area (Å²) >= 11 is 1.52. The van der Waals surface area contributed by atoms with E-state index in [1.807, 2.05) is 37.3 Å². The third kappa shape index (κ3) is 2.84. The minimum atomic E-state index is -0.938. The molecule has 0 atom stereocenters. The summed E-state index contributed by atoms with van der Waals surface area (Å²) < 4.78 is 0. The maximum Gasteiger partial charge on any atom is 0.328 e. The maximum absolute atomic E-state index is 10.5. The Balaban J connectivity index is 2.38. The standard InChI is InChI=1S/C14H13NO2S/c1-2-11-12(8-9-13(16)17)18-14(15-11)10-6-4-3-5-7-10/h3-9H,2H2,1H3,(H,16,17)/b9-8+. The van der Waals surface area contributed by atoms with E-state index in [-0.39, 0.29) is 0 Å². The number of carboxylic acids is 1. The lowest BCUT2D eigenvalue weighted by Gasteiger charge is -1.92. The van der Waals surface area contributed by atoms with Gasteiger partial charge in [-0.25, -0.2) is 9.78 Å². The molecule has 0 aliphatic rings. The fourth-order valence-electron chi connectivity index (χ4n) is 1.60. The fraction of sp³-hybridized carbons (Fsp3) is 0.143. The van der Waals surface area contributed by atoms with Crippen molar-refractivity contribution in [2.45, 2.75) is 13.3 Å². The van der Waals surface area contributed by atoms with Gasteiger partial charge in [0.05, 0.1) is 10.6 Å². The van der Waals surface area contributed by atoms with E-state index >= 15 is 0 Å². The van der Waals surface area contributed by atoms with Gasteiger partial charge in [-0.1, -0.05) is 37.3 Å². The Morgan fingerprint density at radius 3 is 2.72 bits per heavy atom. The summed E-state index contributed by atoms with van der Waals surface area (Å²) in [5.41, 5.74) is 2.00. The molecule has 1 aromatic heterocycles. The number of aryl methyl sites for hydroxylation is 1. The quantitative estimate of drug-likeness (QED) is 0.855. The molecule has 0 saturated heterocycles. The molecule has 92 valence electrons. The van der Waals surface area contributed by atoms with Crippen molar-refractivity contribution in [3.8, 4) is 10.6 Å². The molecule has 1 aromatic carbocycles. The average molecular weight is 259 g/mol. The van der Waals surface area contributed by atoms with E-state index in [1.165, 1.54) is 11.3 Å². The molecule has 4 heteroatoms. The van der Waals surface area contributed by atoms with Crippen molar-refractivity contribution in [3.63, 3.8) is 0 Å². The summed E-state index contributed by atoms with van der Waals surface area (Å²) in [5, 5.41) is 9.59. The molecule has 0 unspecified atom stereocenters. The van der Waals surface area contributed by atoms with Crippen LogP contribution in [0.4, 0.5) is 0 Å². The number of carboxylic acid groups (broad SMARTS) is 1. The lowest BCUT2D eigenvalue weighted by Crippen LogP contribution is -1.87. The molecule has 0 amide bonds. The van der Waals surface area contributed by atoms with Gasteiger partial charge in [-0.3, -0.25) is 0 Å². The van der Waals surface area contributed by atoms with Gasteiger partial charge in [0.2, 0.25) is 0 Å². The number of nitrogens with zero attached hydrogens (tertiary/aromatic N) is 1. The Bertz CT molecular complexity index is 573. The highest BCUT2D eigenvalue weighted by atomic mass is 32.1. The lowest BCUT2D eigenvalue weighted by atomic mass is 10.2. The summed E-state index contributed by atoms with van der Waals surface area (Å²) in [5.74, 6) is -0.938. The van der Waals surface area contributed by atoms with Crippen LogP contribution in [-0.2, 0) is 11.2 Å². The highest BCUT2D eigenvalue weighted by molar-refractivity contribution is 7.16. The summed E-state index contributed by atoms with van der Waals surface area (Å²) in [6, 6.07) is 9.90. The van der Waals surface area contributed by atoms with Crippen LogP contribution in [0.2, 0.25) is 0 Å². The number of aliphatic carboxylic acids is 1. The Morgan fingerprint density at radius 2 is 2.11 bits per heavy atom. The highest BCUT2D eigenvalue weighted by Crippen LogP contribution is 2.29. The fourth-order valence-corrected chi connectivity index (χ4v) is 2.66. The molecule has 1 N–H and O–H groups in total. The van der Waals surface area contributed by atoms with Crippen LogP contribution >= 0.6 is 11.3 Å². The summed E-state index contributed by atoms with van der Waals surface area (Å²) in [7, 11) is 0. The topological polar surface area (TPSA) is 50.2 Å². The van der Waals surface area contributed by atoms with Gasteiger partial charge in [0.25, 0.3) is 0 Å². The van der Waals surface area contributed by atoms with Crippen LogP contribution in [0.1, 0.15) is 17.5 Å². The normalized spacial score (nSPS) is 10.9. The largest absolute Gasteiger partial charge is 0.478 e. The van der Waals surface area contributed by atoms with Gasteiger partial charge in [0, 0.05) is 11.6 Å². The van der Waals surface area contributed by atoms with Crippen LogP contribution in [0.15, 0.2) is 36.4 Å². The van der Waals surface area contributed by atoms with Gasteiger partial charge in [0.15, 0.2) is 0 Å². The van der Waals surface area contributed by atoms with Crippen LogP contribution < -0.4 is 0 Å². The molecule has 0 saturated carbocycles. The van der Waals surface area contributed by atoms with Crippen molar-refractivity contribution in [2.75, 3.05) is 0 Å². The number of carbonyl (C=O) groups is 1. The van der Waals surface area contributed by atoms with Crippen molar-refractivity contribution in [3.05, 3.63) is 47.0 Å². The predicted molar refractivity (Wildman–Crippen MR) is 73.6 cm³/mol. The summed E-state index contributed by atoms with van der Waals surface area (Å²) in [6.45, 7) is 2.02. The number of rotatable bonds is 4. The zero-order valence-corrected chi connectivity index (χ0v) is 10.8. The molecule has 3 nitrogen and oxygen atoms in total. The first-order chi connectivity index (χ1) is 8.70. The first kappa shape index (κ1) is 12.5. The minimum Gasteiger partial charge on any atom is -0.478 e. The zero-order valence-electron chi connectivity index (χ0n) is 9.96. The second kappa shape index (κ2) is 5.60. The van der Waals surface area contributed by atoms with Crippen LogP contribution in [0, 0.1) is 0 Å². The van der Waals surface area contributed by atoms with E-state index in [1.54, 1.807) is 6.08 Å². The Morgan fingerprint density at radius 1 is 1.39 bits per heavy atom. The third-order valence-corrected chi connectivity index (χ3v) is 3.57. The molecule has 0 aliphatic heterocycles. The van der Waals surface area contributed by atoms with E-state index in [4.69, 9.17) is 5.11 Å². The number of thiazole rings is 1. The minimum absolute atomic E-state index is 0.794. The van der Waals surface area contributed by atoms with Gasteiger partial charge >= 0.3 is 5.97 Å². The molecule has 0 aliphatic carbocycles. The summed E-state index contributed by atoms with van der Waals surface area (Å²) in [6.07, 6.45) is 3.56. The Kier molecular flexibility index (Phi) is 3.89. The molecular formula is C14H13NO2S. The molecule has 1 heterocycles. The molecule has 18 heavy (non-hydrogen) atoms. The molecule has 0 fully saturated rings. The van der Waals surface area contributed by atoms with Crippen molar-refractivity contribution in [1.29, 1.82) is 0 Å². The average Bonchev–Trinajstić information content (AvgIpc) is 2.80. The molecule has 0 radical (unpaired) electrons. The van der Waals surface area contributed by atoms with Crippen molar-refractivity contribution in [2.24, 2.45) is 0 Å². The van der Waals surface area contributed by atoms with E-state index in [2.05, 4.69) is 4.98 Å². The molecular weight excluding hydrogens is 246 g/mol. The zero-order chi connectivity index (χ0) is 13.0. The number of benzene rings is 1. The van der Waals surface area contributed by atoms with Gasteiger partial charge in [-0.15, -0.1) is 11.3 Å². The predicted octanol–water partition coefficient (Wildman–Crippen LogP) is 3.47. The van der Waals surface area contributed by atoms with E-state index in [0.717, 1.165) is 33.6 Å². The number of hydrogen-bond acceptors (Lipinski definition) is 3. The second-order valence-corrected chi connectivity index (χ2v) is 4.75.